The van der Waals surface area contributed by atoms with Gasteiger partial charge in [-0.05, 0) is 29.8 Å². The Morgan fingerprint density at radius 3 is 2.54 bits per heavy atom. The maximum Gasteiger partial charge on any atom is 0.212 e. The van der Waals surface area contributed by atoms with E-state index in [-0.39, 0.29) is 5.37 Å². The Balaban J connectivity index is 1.65. The topological polar surface area (TPSA) is 61.2 Å². The van der Waals surface area contributed by atoms with Gasteiger partial charge in [-0.3, -0.25) is 0 Å². The molecule has 1 aliphatic heterocycles. The number of para-hydroxylation sites is 1. The van der Waals surface area contributed by atoms with Crippen molar-refractivity contribution in [3.63, 3.8) is 0 Å². The largest absolute Gasteiger partial charge is 0.497 e. The average molecular weight is 340 g/mol. The van der Waals surface area contributed by atoms with Crippen molar-refractivity contribution in [1.29, 1.82) is 0 Å². The Morgan fingerprint density at radius 1 is 1.00 bits per heavy atom. The highest BCUT2D eigenvalue weighted by atomic mass is 32.2. The van der Waals surface area contributed by atoms with Gasteiger partial charge in [-0.25, -0.2) is 4.68 Å². The van der Waals surface area contributed by atoms with Crippen LogP contribution in [-0.2, 0) is 0 Å². The van der Waals surface area contributed by atoms with Crippen LogP contribution in [0.2, 0.25) is 0 Å². The van der Waals surface area contributed by atoms with Gasteiger partial charge in [-0.2, -0.15) is 0 Å². The van der Waals surface area contributed by atoms with Crippen molar-refractivity contribution in [2.24, 2.45) is 0 Å². The van der Waals surface area contributed by atoms with E-state index in [0.717, 1.165) is 33.6 Å². The third-order valence-electron chi connectivity index (χ3n) is 3.87. The van der Waals surface area contributed by atoms with Crippen LogP contribution in [-0.4, -0.2) is 29.1 Å². The second kappa shape index (κ2) is 6.09. The fourth-order valence-corrected chi connectivity index (χ4v) is 3.63. The highest BCUT2D eigenvalue weighted by Crippen LogP contribution is 2.41. The molecule has 2 aromatic carbocycles. The summed E-state index contributed by atoms with van der Waals surface area (Å²) in [7, 11) is 3.32. The van der Waals surface area contributed by atoms with Crippen molar-refractivity contribution >= 4 is 11.8 Å². The highest BCUT2D eigenvalue weighted by Gasteiger charge is 2.28. The van der Waals surface area contributed by atoms with Crippen molar-refractivity contribution < 1.29 is 9.47 Å². The minimum atomic E-state index is 0.0786. The van der Waals surface area contributed by atoms with Gasteiger partial charge in [0.25, 0.3) is 0 Å². The first-order valence-electron chi connectivity index (χ1n) is 7.46. The normalized spacial score (nSPS) is 15.7. The summed E-state index contributed by atoms with van der Waals surface area (Å²) >= 11 is 1.63. The van der Waals surface area contributed by atoms with Crippen molar-refractivity contribution in [2.45, 2.75) is 10.5 Å². The first-order chi connectivity index (χ1) is 11.8. The lowest BCUT2D eigenvalue weighted by molar-refractivity contribution is 0.414. The third kappa shape index (κ3) is 2.46. The number of rotatable bonds is 4. The van der Waals surface area contributed by atoms with E-state index >= 15 is 0 Å². The molecular formula is C17H16N4O2S. The van der Waals surface area contributed by atoms with Crippen molar-refractivity contribution in [2.75, 3.05) is 19.6 Å². The van der Waals surface area contributed by atoms with E-state index < -0.39 is 0 Å². The molecule has 0 fully saturated rings. The molecule has 3 aromatic rings. The number of thioether (sulfide) groups is 1. The van der Waals surface area contributed by atoms with Crippen LogP contribution in [0.1, 0.15) is 10.9 Å². The molecule has 0 spiro atoms. The van der Waals surface area contributed by atoms with Crippen LogP contribution < -0.4 is 14.9 Å². The molecule has 1 aromatic heterocycles. The van der Waals surface area contributed by atoms with Gasteiger partial charge in [0.1, 0.15) is 16.9 Å². The lowest BCUT2D eigenvalue weighted by atomic mass is 10.2. The summed E-state index contributed by atoms with van der Waals surface area (Å²) < 4.78 is 12.6. The van der Waals surface area contributed by atoms with E-state index in [1.54, 1.807) is 26.0 Å². The predicted octanol–water partition coefficient (Wildman–Crippen LogP) is 3.31. The molecule has 0 radical (unpaired) electrons. The molecule has 24 heavy (non-hydrogen) atoms. The lowest BCUT2D eigenvalue weighted by Gasteiger charge is -2.13. The number of benzene rings is 2. The zero-order chi connectivity index (χ0) is 16.5. The first-order valence-corrected chi connectivity index (χ1v) is 8.34. The smallest absolute Gasteiger partial charge is 0.212 e. The molecule has 4 rings (SSSR count). The number of nitrogens with zero attached hydrogens (tertiary/aromatic N) is 3. The summed E-state index contributed by atoms with van der Waals surface area (Å²) in [6, 6.07) is 15.8. The van der Waals surface area contributed by atoms with Gasteiger partial charge < -0.3 is 14.9 Å². The maximum atomic E-state index is 5.44. The fraction of sp³-hybridized carbons (Fsp3) is 0.176. The summed E-state index contributed by atoms with van der Waals surface area (Å²) in [4.78, 5) is 0. The molecule has 122 valence electrons. The van der Waals surface area contributed by atoms with Crippen LogP contribution in [0.3, 0.4) is 0 Å². The van der Waals surface area contributed by atoms with E-state index in [2.05, 4.69) is 15.6 Å². The molecule has 7 heteroatoms. The molecular weight excluding hydrogens is 324 g/mol. The van der Waals surface area contributed by atoms with Gasteiger partial charge in [0, 0.05) is 0 Å². The molecule has 1 unspecified atom stereocenters. The van der Waals surface area contributed by atoms with Crippen molar-refractivity contribution in [1.82, 2.24) is 14.9 Å². The van der Waals surface area contributed by atoms with Gasteiger partial charge in [0.05, 0.1) is 19.8 Å². The van der Waals surface area contributed by atoms with Gasteiger partial charge >= 0.3 is 0 Å². The fourth-order valence-electron chi connectivity index (χ4n) is 2.64. The van der Waals surface area contributed by atoms with Crippen molar-refractivity contribution in [3.05, 3.63) is 54.1 Å². The van der Waals surface area contributed by atoms with E-state index in [1.165, 1.54) is 0 Å². The summed E-state index contributed by atoms with van der Waals surface area (Å²) in [5.74, 6) is 2.36. The molecule has 1 aliphatic rings. The Hall–Kier alpha value is -2.67. The van der Waals surface area contributed by atoms with Crippen molar-refractivity contribution in [3.8, 4) is 22.9 Å². The van der Waals surface area contributed by atoms with Gasteiger partial charge in [-0.1, -0.05) is 36.0 Å². The average Bonchev–Trinajstić information content (AvgIpc) is 3.22. The van der Waals surface area contributed by atoms with Crippen LogP contribution in [0.5, 0.6) is 11.5 Å². The molecule has 2 heterocycles. The summed E-state index contributed by atoms with van der Waals surface area (Å²) in [5.41, 5.74) is 5.50. The van der Waals surface area contributed by atoms with Crippen LogP contribution in [0.25, 0.3) is 11.4 Å². The van der Waals surface area contributed by atoms with E-state index in [1.807, 2.05) is 53.2 Å². The highest BCUT2D eigenvalue weighted by molar-refractivity contribution is 7.99. The summed E-state index contributed by atoms with van der Waals surface area (Å²) in [6.45, 7) is 0. The van der Waals surface area contributed by atoms with Crippen LogP contribution in [0, 0.1) is 0 Å². The SMILES string of the molecule is COc1ccc(C2Nn3c(nnc3-c3ccccc3OC)S2)cc1. The molecule has 0 saturated heterocycles. The number of hydrogen-bond acceptors (Lipinski definition) is 6. The third-order valence-corrected chi connectivity index (χ3v) is 4.96. The van der Waals surface area contributed by atoms with E-state index in [4.69, 9.17) is 9.47 Å². The Morgan fingerprint density at radius 2 is 1.79 bits per heavy atom. The Bertz CT molecular complexity index is 863. The monoisotopic (exact) mass is 340 g/mol. The maximum absolute atomic E-state index is 5.44. The number of aromatic nitrogens is 3. The zero-order valence-electron chi connectivity index (χ0n) is 13.3. The Labute approximate surface area is 143 Å². The number of hydrogen-bond donors (Lipinski definition) is 1. The summed E-state index contributed by atoms with van der Waals surface area (Å²) in [6.07, 6.45) is 0. The van der Waals surface area contributed by atoms with Crippen LogP contribution in [0.15, 0.2) is 53.7 Å². The number of fused-ring (bicyclic) bond motifs is 1. The molecule has 0 saturated carbocycles. The molecule has 6 nitrogen and oxygen atoms in total. The second-order valence-corrected chi connectivity index (χ2v) is 6.31. The van der Waals surface area contributed by atoms with E-state index in [9.17, 15) is 0 Å². The number of nitrogens with one attached hydrogen (secondary N) is 1. The molecule has 1 N–H and O–H groups in total. The molecule has 0 aliphatic carbocycles. The zero-order valence-corrected chi connectivity index (χ0v) is 14.1. The Kier molecular flexibility index (Phi) is 3.78. The minimum Gasteiger partial charge on any atom is -0.497 e. The van der Waals surface area contributed by atoms with E-state index in [0.29, 0.717) is 0 Å². The quantitative estimate of drug-likeness (QED) is 0.786. The number of ether oxygens (including phenoxy) is 2. The summed E-state index contributed by atoms with van der Waals surface area (Å²) in [5, 5.41) is 9.50. The number of methoxy groups -OCH3 is 2. The van der Waals surface area contributed by atoms with Crippen LogP contribution in [0.4, 0.5) is 0 Å². The standard InChI is InChI=1S/C17H16N4O2S/c1-22-12-9-7-11(8-10-12)16-20-21-15(18-19-17(21)24-16)13-5-3-4-6-14(13)23-2/h3-10,16,20H,1-2H3. The first kappa shape index (κ1) is 14.9. The molecule has 1 atom stereocenters. The second-order valence-electron chi connectivity index (χ2n) is 5.24. The molecule has 0 amide bonds. The van der Waals surface area contributed by atoms with Gasteiger partial charge in [0.2, 0.25) is 5.16 Å². The van der Waals surface area contributed by atoms with Gasteiger partial charge in [-0.15, -0.1) is 10.2 Å². The minimum absolute atomic E-state index is 0.0786. The van der Waals surface area contributed by atoms with Crippen LogP contribution >= 0.6 is 11.8 Å². The predicted molar refractivity (Wildman–Crippen MR) is 93.0 cm³/mol. The molecule has 0 bridgehead atoms. The lowest BCUT2D eigenvalue weighted by Crippen LogP contribution is -2.14. The van der Waals surface area contributed by atoms with Gasteiger partial charge in [0.15, 0.2) is 5.82 Å².